The summed E-state index contributed by atoms with van der Waals surface area (Å²) in [6, 6.07) is 1.32. The lowest BCUT2D eigenvalue weighted by atomic mass is 10.2. The van der Waals surface area contributed by atoms with Gasteiger partial charge in [0.05, 0.1) is 12.3 Å². The van der Waals surface area contributed by atoms with Gasteiger partial charge < -0.3 is 10.1 Å². The molecule has 2 aromatic heterocycles. The summed E-state index contributed by atoms with van der Waals surface area (Å²) < 4.78 is 32.5. The number of rotatable bonds is 2. The molecule has 0 aliphatic carbocycles. The summed E-state index contributed by atoms with van der Waals surface area (Å²) in [6.45, 7) is 1.85. The highest BCUT2D eigenvalue weighted by atomic mass is 19.3. The Kier molecular flexibility index (Phi) is 2.88. The van der Waals surface area contributed by atoms with Gasteiger partial charge in [-0.3, -0.25) is 0 Å². The first-order valence-electron chi connectivity index (χ1n) is 5.57. The van der Waals surface area contributed by atoms with Crippen molar-refractivity contribution in [2.24, 2.45) is 0 Å². The van der Waals surface area contributed by atoms with Crippen molar-refractivity contribution < 1.29 is 13.5 Å². The van der Waals surface area contributed by atoms with Crippen LogP contribution in [0.2, 0.25) is 0 Å². The zero-order valence-corrected chi connectivity index (χ0v) is 9.38. The summed E-state index contributed by atoms with van der Waals surface area (Å²) in [5.74, 6) is 0.164. The fourth-order valence-electron chi connectivity index (χ4n) is 1.95. The van der Waals surface area contributed by atoms with Crippen LogP contribution < -0.4 is 5.32 Å². The second-order valence-electron chi connectivity index (χ2n) is 3.94. The second kappa shape index (κ2) is 4.54. The first-order chi connectivity index (χ1) is 8.75. The van der Waals surface area contributed by atoms with Crippen LogP contribution in [0.3, 0.4) is 0 Å². The topological polar surface area (TPSA) is 64.3 Å². The number of nitrogens with zero attached hydrogens (tertiary/aromatic N) is 4. The number of morpholine rings is 1. The van der Waals surface area contributed by atoms with Crippen LogP contribution in [0.5, 0.6) is 0 Å². The fourth-order valence-corrected chi connectivity index (χ4v) is 1.95. The van der Waals surface area contributed by atoms with E-state index in [4.69, 9.17) is 4.74 Å². The molecule has 3 rings (SSSR count). The minimum absolute atomic E-state index is 0.164. The maximum Gasteiger partial charge on any atom is 0.280 e. The van der Waals surface area contributed by atoms with Crippen molar-refractivity contribution in [1.82, 2.24) is 24.9 Å². The minimum Gasteiger partial charge on any atom is -0.369 e. The first-order valence-corrected chi connectivity index (χ1v) is 5.57. The fraction of sp³-hybridized carbons (Fsp3) is 0.500. The molecular formula is C10H11F2N5O. The Morgan fingerprint density at radius 1 is 1.50 bits per heavy atom. The molecule has 2 aromatic rings. The first kappa shape index (κ1) is 11.4. The van der Waals surface area contributed by atoms with Gasteiger partial charge in [0.1, 0.15) is 18.1 Å². The minimum atomic E-state index is -2.64. The van der Waals surface area contributed by atoms with E-state index in [9.17, 15) is 8.78 Å². The van der Waals surface area contributed by atoms with Crippen LogP contribution in [0, 0.1) is 0 Å². The van der Waals surface area contributed by atoms with E-state index in [1.54, 1.807) is 0 Å². The van der Waals surface area contributed by atoms with Crippen LogP contribution in [-0.4, -0.2) is 39.3 Å². The summed E-state index contributed by atoms with van der Waals surface area (Å²) >= 11 is 0. The second-order valence-corrected chi connectivity index (χ2v) is 3.94. The van der Waals surface area contributed by atoms with Crippen LogP contribution in [0.1, 0.15) is 23.9 Å². The van der Waals surface area contributed by atoms with Gasteiger partial charge >= 0.3 is 0 Å². The third kappa shape index (κ3) is 1.93. The number of fused-ring (bicyclic) bond motifs is 1. The Hall–Kier alpha value is -1.67. The molecule has 0 radical (unpaired) electrons. The molecule has 0 bridgehead atoms. The quantitative estimate of drug-likeness (QED) is 0.856. The average molecular weight is 255 g/mol. The summed E-state index contributed by atoms with van der Waals surface area (Å²) in [4.78, 5) is 7.60. The maximum absolute atomic E-state index is 12.8. The maximum atomic E-state index is 12.8. The normalized spacial score (nSPS) is 20.7. The van der Waals surface area contributed by atoms with E-state index in [-0.39, 0.29) is 17.6 Å². The summed E-state index contributed by atoms with van der Waals surface area (Å²) in [5, 5.41) is 7.13. The highest BCUT2D eigenvalue weighted by Crippen LogP contribution is 2.24. The van der Waals surface area contributed by atoms with E-state index >= 15 is 0 Å². The summed E-state index contributed by atoms with van der Waals surface area (Å²) in [7, 11) is 0. The zero-order chi connectivity index (χ0) is 12.5. The lowest BCUT2D eigenvalue weighted by molar-refractivity contribution is 0.0233. The number of aromatic nitrogens is 4. The van der Waals surface area contributed by atoms with E-state index < -0.39 is 6.43 Å². The highest BCUT2D eigenvalue weighted by molar-refractivity contribution is 5.31. The molecule has 1 unspecified atom stereocenters. The third-order valence-corrected chi connectivity index (χ3v) is 2.78. The van der Waals surface area contributed by atoms with Crippen LogP contribution in [-0.2, 0) is 4.74 Å². The molecule has 1 N–H and O–H groups in total. The zero-order valence-electron chi connectivity index (χ0n) is 9.38. The van der Waals surface area contributed by atoms with Crippen LogP contribution in [0.15, 0.2) is 12.4 Å². The lowest BCUT2D eigenvalue weighted by Gasteiger charge is -2.24. The van der Waals surface area contributed by atoms with E-state index in [0.29, 0.717) is 18.8 Å². The average Bonchev–Trinajstić information content (AvgIpc) is 2.86. The highest BCUT2D eigenvalue weighted by Gasteiger charge is 2.22. The van der Waals surface area contributed by atoms with Gasteiger partial charge in [-0.2, -0.15) is 14.6 Å². The van der Waals surface area contributed by atoms with Crippen LogP contribution >= 0.6 is 0 Å². The number of halogens is 2. The van der Waals surface area contributed by atoms with E-state index in [2.05, 4.69) is 20.4 Å². The van der Waals surface area contributed by atoms with Crippen molar-refractivity contribution in [1.29, 1.82) is 0 Å². The predicted octanol–water partition coefficient (Wildman–Crippen LogP) is 0.723. The van der Waals surface area contributed by atoms with Crippen molar-refractivity contribution in [3.63, 3.8) is 0 Å². The Balaban J connectivity index is 2.09. The molecule has 1 saturated heterocycles. The van der Waals surface area contributed by atoms with E-state index in [1.807, 2.05) is 0 Å². The van der Waals surface area contributed by atoms with Crippen molar-refractivity contribution in [2.75, 3.05) is 19.7 Å². The molecule has 0 saturated carbocycles. The van der Waals surface area contributed by atoms with Crippen molar-refractivity contribution in [3.05, 3.63) is 23.8 Å². The van der Waals surface area contributed by atoms with Gasteiger partial charge in [0.2, 0.25) is 0 Å². The Bertz CT molecular complexity index is 552. The molecule has 0 amide bonds. The lowest BCUT2D eigenvalue weighted by Crippen LogP contribution is -2.34. The van der Waals surface area contributed by atoms with Gasteiger partial charge in [0.25, 0.3) is 12.2 Å². The third-order valence-electron chi connectivity index (χ3n) is 2.78. The van der Waals surface area contributed by atoms with Gasteiger partial charge in [0.15, 0.2) is 0 Å². The molecule has 1 fully saturated rings. The number of nitrogens with one attached hydrogen (secondary N) is 1. The standard InChI is InChI=1S/C10H11F2N5O/c11-9(12)6-3-7(8-4-13-1-2-18-8)17-10(16-6)14-5-15-17/h3,5,8-9,13H,1-2,4H2. The van der Waals surface area contributed by atoms with Gasteiger partial charge in [-0.15, -0.1) is 0 Å². The molecule has 6 nitrogen and oxygen atoms in total. The van der Waals surface area contributed by atoms with Gasteiger partial charge in [-0.05, 0) is 6.07 Å². The molecule has 8 heteroatoms. The number of ether oxygens (including phenoxy) is 1. The SMILES string of the molecule is FC(F)c1cc(C2CNCCO2)n2ncnc2n1. The van der Waals surface area contributed by atoms with E-state index in [0.717, 1.165) is 6.54 Å². The Morgan fingerprint density at radius 3 is 3.11 bits per heavy atom. The summed E-state index contributed by atoms with van der Waals surface area (Å²) in [6.07, 6.45) is -1.66. The molecular weight excluding hydrogens is 244 g/mol. The van der Waals surface area contributed by atoms with Crippen LogP contribution in [0.4, 0.5) is 8.78 Å². The van der Waals surface area contributed by atoms with Gasteiger partial charge in [-0.1, -0.05) is 0 Å². The largest absolute Gasteiger partial charge is 0.369 e. The molecule has 18 heavy (non-hydrogen) atoms. The van der Waals surface area contributed by atoms with Crippen molar-refractivity contribution in [2.45, 2.75) is 12.5 Å². The van der Waals surface area contributed by atoms with Crippen molar-refractivity contribution >= 4 is 5.78 Å². The Labute approximate surface area is 101 Å². The van der Waals surface area contributed by atoms with Crippen LogP contribution in [0.25, 0.3) is 5.78 Å². The summed E-state index contributed by atoms with van der Waals surface area (Å²) in [5.41, 5.74) is 0.236. The molecule has 0 spiro atoms. The van der Waals surface area contributed by atoms with Gasteiger partial charge in [0, 0.05) is 13.1 Å². The monoisotopic (exact) mass is 255 g/mol. The molecule has 1 aliphatic heterocycles. The van der Waals surface area contributed by atoms with Crippen molar-refractivity contribution in [3.8, 4) is 0 Å². The molecule has 3 heterocycles. The molecule has 1 atom stereocenters. The number of hydrogen-bond donors (Lipinski definition) is 1. The molecule has 96 valence electrons. The molecule has 0 aromatic carbocycles. The Morgan fingerprint density at radius 2 is 2.39 bits per heavy atom. The molecule has 1 aliphatic rings. The number of hydrogen-bond acceptors (Lipinski definition) is 5. The smallest absolute Gasteiger partial charge is 0.280 e. The van der Waals surface area contributed by atoms with E-state index in [1.165, 1.54) is 16.9 Å². The predicted molar refractivity (Wildman–Crippen MR) is 57.3 cm³/mol. The van der Waals surface area contributed by atoms with Gasteiger partial charge in [-0.25, -0.2) is 13.8 Å². The number of alkyl halides is 2.